The molecule has 0 amide bonds. The van der Waals surface area contributed by atoms with Gasteiger partial charge in [-0.05, 0) is 13.8 Å². The van der Waals surface area contributed by atoms with Crippen molar-refractivity contribution in [2.45, 2.75) is 38.3 Å². The van der Waals surface area contributed by atoms with E-state index in [0.717, 1.165) is 0 Å². The Balaban J connectivity index is 3.76. The maximum Gasteiger partial charge on any atom is 0.261 e. The van der Waals surface area contributed by atoms with Crippen molar-refractivity contribution in [3.05, 3.63) is 0 Å². The van der Waals surface area contributed by atoms with Gasteiger partial charge in [0.1, 0.15) is 12.1 Å². The molecule has 0 aliphatic carbocycles. The Hall–Kier alpha value is -0.730. The second-order valence-corrected chi connectivity index (χ2v) is 3.27. The van der Waals surface area contributed by atoms with Crippen molar-refractivity contribution in [1.82, 2.24) is 0 Å². The van der Waals surface area contributed by atoms with E-state index < -0.39 is 24.7 Å². The first kappa shape index (κ1) is 12.3. The van der Waals surface area contributed by atoms with Crippen molar-refractivity contribution in [2.24, 2.45) is 5.73 Å². The predicted octanol–water partition coefficient (Wildman–Crippen LogP) is 1.29. The van der Waals surface area contributed by atoms with Crippen molar-refractivity contribution < 1.29 is 13.5 Å². The Kier molecular flexibility index (Phi) is 4.81. The number of nitrogens with two attached hydrogens (primary N) is 1. The summed E-state index contributed by atoms with van der Waals surface area (Å²) in [5, 5.41) is 8.54. The zero-order valence-electron chi connectivity index (χ0n) is 7.76. The predicted molar refractivity (Wildman–Crippen MR) is 44.2 cm³/mol. The number of nitriles is 1. The molecular formula is C8H14F2N2O. The monoisotopic (exact) mass is 192 g/mol. The highest BCUT2D eigenvalue weighted by atomic mass is 19.3. The molecule has 0 saturated carbocycles. The summed E-state index contributed by atoms with van der Waals surface area (Å²) < 4.78 is 28.1. The van der Waals surface area contributed by atoms with Gasteiger partial charge in [-0.25, -0.2) is 8.78 Å². The van der Waals surface area contributed by atoms with E-state index in [-0.39, 0.29) is 6.42 Å². The van der Waals surface area contributed by atoms with Crippen molar-refractivity contribution in [3.8, 4) is 6.07 Å². The molecule has 0 aromatic heterocycles. The third-order valence-corrected chi connectivity index (χ3v) is 1.47. The first-order valence-corrected chi connectivity index (χ1v) is 3.97. The first-order valence-electron chi connectivity index (χ1n) is 3.97. The average Bonchev–Trinajstić information content (AvgIpc) is 2.00. The van der Waals surface area contributed by atoms with E-state index in [9.17, 15) is 8.78 Å². The average molecular weight is 192 g/mol. The summed E-state index contributed by atoms with van der Waals surface area (Å²) in [5.74, 6) is 0. The Morgan fingerprint density at radius 2 is 2.15 bits per heavy atom. The van der Waals surface area contributed by atoms with Crippen molar-refractivity contribution in [1.29, 1.82) is 5.26 Å². The zero-order valence-corrected chi connectivity index (χ0v) is 7.76. The van der Waals surface area contributed by atoms with Gasteiger partial charge in [-0.2, -0.15) is 5.26 Å². The van der Waals surface area contributed by atoms with Gasteiger partial charge in [0, 0.05) is 6.42 Å². The SMILES string of the molecule is CC(CC(C)(N)C#N)OCC(F)F. The van der Waals surface area contributed by atoms with Gasteiger partial charge in [0.25, 0.3) is 6.43 Å². The molecule has 76 valence electrons. The van der Waals surface area contributed by atoms with Crippen LogP contribution in [-0.4, -0.2) is 24.7 Å². The Morgan fingerprint density at radius 1 is 1.62 bits per heavy atom. The summed E-state index contributed by atoms with van der Waals surface area (Å²) in [4.78, 5) is 0. The van der Waals surface area contributed by atoms with Gasteiger partial charge in [0.15, 0.2) is 0 Å². The van der Waals surface area contributed by atoms with Crippen LogP contribution in [-0.2, 0) is 4.74 Å². The lowest BCUT2D eigenvalue weighted by atomic mass is 9.98. The molecule has 0 heterocycles. The van der Waals surface area contributed by atoms with Crippen LogP contribution in [0.25, 0.3) is 0 Å². The van der Waals surface area contributed by atoms with Gasteiger partial charge in [0.2, 0.25) is 0 Å². The van der Waals surface area contributed by atoms with E-state index in [2.05, 4.69) is 0 Å². The van der Waals surface area contributed by atoms with Gasteiger partial charge in [-0.15, -0.1) is 0 Å². The lowest BCUT2D eigenvalue weighted by Crippen LogP contribution is -2.38. The minimum atomic E-state index is -2.48. The van der Waals surface area contributed by atoms with Crippen LogP contribution in [0.2, 0.25) is 0 Å². The summed E-state index contributed by atoms with van der Waals surface area (Å²) in [5.41, 5.74) is 4.48. The third kappa shape index (κ3) is 6.43. The van der Waals surface area contributed by atoms with E-state index in [1.807, 2.05) is 6.07 Å². The van der Waals surface area contributed by atoms with E-state index >= 15 is 0 Å². The Labute approximate surface area is 76.5 Å². The van der Waals surface area contributed by atoms with Crippen LogP contribution in [0.1, 0.15) is 20.3 Å². The summed E-state index contributed by atoms with van der Waals surface area (Å²) in [6, 6.07) is 1.87. The highest BCUT2D eigenvalue weighted by molar-refractivity contribution is 5.01. The second kappa shape index (κ2) is 5.10. The van der Waals surface area contributed by atoms with Crippen LogP contribution in [0.5, 0.6) is 0 Å². The largest absolute Gasteiger partial charge is 0.372 e. The van der Waals surface area contributed by atoms with E-state index in [4.69, 9.17) is 15.7 Å². The Morgan fingerprint density at radius 3 is 2.54 bits per heavy atom. The minimum Gasteiger partial charge on any atom is -0.372 e. The molecule has 0 bridgehead atoms. The molecule has 2 unspecified atom stereocenters. The molecule has 0 aliphatic heterocycles. The fourth-order valence-electron chi connectivity index (χ4n) is 0.939. The first-order chi connectivity index (χ1) is 5.87. The summed E-state index contributed by atoms with van der Waals surface area (Å²) >= 11 is 0. The van der Waals surface area contributed by atoms with Crippen LogP contribution < -0.4 is 5.73 Å². The number of ether oxygens (including phenoxy) is 1. The molecule has 0 aromatic rings. The third-order valence-electron chi connectivity index (χ3n) is 1.47. The van der Waals surface area contributed by atoms with Gasteiger partial charge in [-0.1, -0.05) is 0 Å². The van der Waals surface area contributed by atoms with Crippen LogP contribution in [0.4, 0.5) is 8.78 Å². The van der Waals surface area contributed by atoms with Crippen LogP contribution in [0.3, 0.4) is 0 Å². The van der Waals surface area contributed by atoms with Gasteiger partial charge >= 0.3 is 0 Å². The number of halogens is 2. The molecule has 0 radical (unpaired) electrons. The highest BCUT2D eigenvalue weighted by Crippen LogP contribution is 2.11. The van der Waals surface area contributed by atoms with E-state index in [0.29, 0.717) is 0 Å². The Bertz CT molecular complexity index is 189. The standard InChI is InChI=1S/C8H14F2N2O/c1-6(13-4-7(9)10)3-8(2,12)5-11/h6-7H,3-4,12H2,1-2H3. The molecule has 2 atom stereocenters. The zero-order chi connectivity index (χ0) is 10.5. The van der Waals surface area contributed by atoms with Crippen molar-refractivity contribution >= 4 is 0 Å². The van der Waals surface area contributed by atoms with E-state index in [1.54, 1.807) is 6.92 Å². The summed E-state index contributed by atoms with van der Waals surface area (Å²) in [6.45, 7) is 2.54. The lowest BCUT2D eigenvalue weighted by molar-refractivity contribution is -0.0237. The molecule has 5 heteroatoms. The summed E-state index contributed by atoms with van der Waals surface area (Å²) in [7, 11) is 0. The van der Waals surface area contributed by atoms with Gasteiger partial charge in [0.05, 0.1) is 12.2 Å². The maximum atomic E-state index is 11.7. The second-order valence-electron chi connectivity index (χ2n) is 3.27. The van der Waals surface area contributed by atoms with Crippen LogP contribution >= 0.6 is 0 Å². The quantitative estimate of drug-likeness (QED) is 0.714. The highest BCUT2D eigenvalue weighted by Gasteiger charge is 2.21. The molecule has 13 heavy (non-hydrogen) atoms. The fraction of sp³-hybridized carbons (Fsp3) is 0.875. The van der Waals surface area contributed by atoms with E-state index in [1.165, 1.54) is 6.92 Å². The van der Waals surface area contributed by atoms with Crippen molar-refractivity contribution in [2.75, 3.05) is 6.61 Å². The topological polar surface area (TPSA) is 59.0 Å². The minimum absolute atomic E-state index is 0.246. The number of hydrogen-bond donors (Lipinski definition) is 1. The molecule has 3 nitrogen and oxygen atoms in total. The molecular weight excluding hydrogens is 178 g/mol. The van der Waals surface area contributed by atoms with Gasteiger partial charge in [-0.3, -0.25) is 0 Å². The maximum absolute atomic E-state index is 11.7. The molecule has 0 rings (SSSR count). The van der Waals surface area contributed by atoms with Crippen molar-refractivity contribution in [3.63, 3.8) is 0 Å². The molecule has 2 N–H and O–H groups in total. The number of hydrogen-bond acceptors (Lipinski definition) is 3. The summed E-state index contributed by atoms with van der Waals surface area (Å²) in [6.07, 6.45) is -2.66. The molecule has 0 aliphatic rings. The smallest absolute Gasteiger partial charge is 0.261 e. The number of rotatable bonds is 5. The van der Waals surface area contributed by atoms with Gasteiger partial charge < -0.3 is 10.5 Å². The number of nitrogens with zero attached hydrogens (tertiary/aromatic N) is 1. The molecule has 0 aromatic carbocycles. The molecule has 0 spiro atoms. The normalized spacial score (nSPS) is 17.9. The lowest BCUT2D eigenvalue weighted by Gasteiger charge is -2.20. The molecule has 0 fully saturated rings. The molecule has 0 saturated heterocycles. The number of alkyl halides is 2. The van der Waals surface area contributed by atoms with Crippen LogP contribution in [0.15, 0.2) is 0 Å². The van der Waals surface area contributed by atoms with Crippen LogP contribution in [0, 0.1) is 11.3 Å². The fourth-order valence-corrected chi connectivity index (χ4v) is 0.939.